The van der Waals surface area contributed by atoms with Crippen LogP contribution in [0.15, 0.2) is 35.9 Å². The Bertz CT molecular complexity index is 593. The summed E-state index contributed by atoms with van der Waals surface area (Å²) >= 11 is 1.61. The standard InChI is InChI=1S/C21H30O2.ClH.H2N.Pt/c1-5-6-7-8-16-12-19(22)21(20(23)13-16)18-11-15(4)9-10-17(18)14(2)3;;;/h11-13,17-18,22-23H,2,5-10H2,1,3-4H3;1H;1H2;/q;;-1;+2/p-1. The van der Waals surface area contributed by atoms with E-state index in [1.807, 2.05) is 19.1 Å². The fourth-order valence-electron chi connectivity index (χ4n) is 3.65. The predicted octanol–water partition coefficient (Wildman–Crippen LogP) is 7.25. The molecule has 1 aliphatic carbocycles. The van der Waals surface area contributed by atoms with Gasteiger partial charge in [0, 0.05) is 11.5 Å². The second-order valence-corrected chi connectivity index (χ2v) is 7.04. The van der Waals surface area contributed by atoms with E-state index in [-0.39, 0.29) is 29.5 Å². The molecule has 3 nitrogen and oxygen atoms in total. The number of aryl methyl sites for hydroxylation is 1. The second-order valence-electron chi connectivity index (χ2n) is 7.04. The van der Waals surface area contributed by atoms with Crippen molar-refractivity contribution >= 4 is 9.42 Å². The minimum atomic E-state index is 0. The molecule has 1 aromatic rings. The van der Waals surface area contributed by atoms with Crippen molar-refractivity contribution in [2.75, 3.05) is 0 Å². The van der Waals surface area contributed by atoms with E-state index in [4.69, 9.17) is 0 Å². The van der Waals surface area contributed by atoms with E-state index in [2.05, 4.69) is 35.9 Å². The van der Waals surface area contributed by atoms with Crippen LogP contribution in [0.2, 0.25) is 0 Å². The molecule has 2 unspecified atom stereocenters. The Morgan fingerprint density at radius 2 is 1.81 bits per heavy atom. The number of halogens is 1. The molecule has 0 heterocycles. The fourth-order valence-corrected chi connectivity index (χ4v) is 3.65. The summed E-state index contributed by atoms with van der Waals surface area (Å²) in [6.45, 7) is 10.4. The number of unbranched alkanes of at least 4 members (excludes halogenated alkanes) is 2. The molecular weight excluding hydrogens is 529 g/mol. The normalized spacial score (nSPS) is 18.9. The maximum atomic E-state index is 10.5. The molecule has 4 N–H and O–H groups in total. The number of nitrogens with two attached hydrogens (primary N) is 1. The van der Waals surface area contributed by atoms with Gasteiger partial charge in [0.25, 0.3) is 0 Å². The Balaban J connectivity index is 0.00000201. The Morgan fingerprint density at radius 3 is 2.31 bits per heavy atom. The van der Waals surface area contributed by atoms with Gasteiger partial charge in [-0.1, -0.05) is 43.6 Å². The molecule has 0 saturated heterocycles. The van der Waals surface area contributed by atoms with E-state index in [1.165, 1.54) is 18.4 Å². The van der Waals surface area contributed by atoms with Gasteiger partial charge < -0.3 is 16.4 Å². The summed E-state index contributed by atoms with van der Waals surface area (Å²) in [7, 11) is 4.61. The predicted molar refractivity (Wildman–Crippen MR) is 108 cm³/mol. The van der Waals surface area contributed by atoms with Crippen LogP contribution in [0.4, 0.5) is 0 Å². The molecule has 2 rings (SSSR count). The van der Waals surface area contributed by atoms with E-state index in [0.29, 0.717) is 5.56 Å². The molecule has 0 aromatic heterocycles. The fraction of sp³-hybridized carbons (Fsp3) is 0.524. The molecule has 2 atom stereocenters. The summed E-state index contributed by atoms with van der Waals surface area (Å²) in [5, 5.41) is 21.1. The van der Waals surface area contributed by atoms with Crippen LogP contribution in [-0.2, 0) is 25.2 Å². The third-order valence-corrected chi connectivity index (χ3v) is 4.98. The average molecular weight is 561 g/mol. The van der Waals surface area contributed by atoms with Crippen molar-refractivity contribution in [3.63, 3.8) is 0 Å². The number of rotatable bonds is 6. The molecule has 0 spiro atoms. The minimum absolute atomic E-state index is 0. The van der Waals surface area contributed by atoms with Crippen LogP contribution in [0.1, 0.15) is 69.9 Å². The average Bonchev–Trinajstić information content (AvgIpc) is 2.56. The smallest absolute Gasteiger partial charge is 0.693 e. The first-order valence-electron chi connectivity index (χ1n) is 8.93. The largest absolute Gasteiger partial charge is 0.693 e. The second kappa shape index (κ2) is 12.6. The Morgan fingerprint density at radius 1 is 1.23 bits per heavy atom. The number of allylic oxidation sites excluding steroid dienone is 3. The van der Waals surface area contributed by atoms with Gasteiger partial charge in [-0.2, -0.15) is 0 Å². The quantitative estimate of drug-likeness (QED) is 0.284. The molecule has 150 valence electrons. The van der Waals surface area contributed by atoms with Crippen LogP contribution in [0, 0.1) is 5.92 Å². The van der Waals surface area contributed by atoms with E-state index in [0.717, 1.165) is 36.8 Å². The first-order chi connectivity index (χ1) is 11.9. The van der Waals surface area contributed by atoms with Gasteiger partial charge in [0.2, 0.25) is 0 Å². The summed E-state index contributed by atoms with van der Waals surface area (Å²) < 4.78 is 0. The summed E-state index contributed by atoms with van der Waals surface area (Å²) in [5.41, 5.74) is 4.11. The molecule has 0 bridgehead atoms. The van der Waals surface area contributed by atoms with Gasteiger partial charge in [-0.25, -0.2) is 0 Å². The summed E-state index contributed by atoms with van der Waals surface area (Å²) in [4.78, 5) is 0. The monoisotopic (exact) mass is 560 g/mol. The first kappa shape index (κ1) is 25.2. The Labute approximate surface area is 174 Å². The van der Waals surface area contributed by atoms with E-state index >= 15 is 0 Å². The van der Waals surface area contributed by atoms with Crippen molar-refractivity contribution in [3.05, 3.63) is 53.2 Å². The van der Waals surface area contributed by atoms with Gasteiger partial charge in [-0.3, -0.25) is 0 Å². The minimum Gasteiger partial charge on any atom is -0.693 e. The number of hydrogen-bond donors (Lipinski definition) is 2. The molecule has 0 fully saturated rings. The van der Waals surface area contributed by atoms with Gasteiger partial charge in [0.05, 0.1) is 0 Å². The number of hydrogen-bond acceptors (Lipinski definition) is 2. The van der Waals surface area contributed by atoms with Crippen molar-refractivity contribution in [2.24, 2.45) is 5.92 Å². The zero-order chi connectivity index (χ0) is 19.0. The van der Waals surface area contributed by atoms with Gasteiger partial charge in [-0.15, -0.1) is 0 Å². The van der Waals surface area contributed by atoms with E-state index in [1.54, 1.807) is 18.8 Å². The van der Waals surface area contributed by atoms with Crippen LogP contribution in [0.3, 0.4) is 0 Å². The molecular formula is C21H32ClNO2Pt. The Kier molecular flexibility index (Phi) is 12.2. The van der Waals surface area contributed by atoms with Gasteiger partial charge in [-0.05, 0) is 63.1 Å². The third kappa shape index (κ3) is 6.76. The molecule has 0 amide bonds. The zero-order valence-corrected chi connectivity index (χ0v) is 19.0. The SMILES string of the molecule is C=C(C)C1CCC(C)=CC1c1c(O)cc(CCCCC)cc1O.[Cl][Pt+].[NH2-]. The third-order valence-electron chi connectivity index (χ3n) is 4.98. The Hall–Kier alpha value is -0.762. The van der Waals surface area contributed by atoms with Crippen molar-refractivity contribution in [1.82, 2.24) is 0 Å². The van der Waals surface area contributed by atoms with E-state index < -0.39 is 0 Å². The number of phenols is 2. The molecule has 1 aromatic carbocycles. The van der Waals surface area contributed by atoms with Gasteiger partial charge >= 0.3 is 28.2 Å². The zero-order valence-electron chi connectivity index (χ0n) is 16.0. The summed E-state index contributed by atoms with van der Waals surface area (Å²) in [5.74, 6) is 0.741. The van der Waals surface area contributed by atoms with Crippen molar-refractivity contribution < 1.29 is 29.0 Å². The van der Waals surface area contributed by atoms with Crippen LogP contribution in [0.5, 0.6) is 11.5 Å². The molecule has 0 radical (unpaired) electrons. The molecule has 1 aliphatic rings. The van der Waals surface area contributed by atoms with Crippen LogP contribution >= 0.6 is 9.42 Å². The molecule has 26 heavy (non-hydrogen) atoms. The maximum Gasteiger partial charge on any atom is -0.693 e. The number of aromatic hydroxyl groups is 2. The van der Waals surface area contributed by atoms with Crippen LogP contribution < -0.4 is 0 Å². The van der Waals surface area contributed by atoms with Crippen molar-refractivity contribution in [2.45, 2.75) is 65.2 Å². The number of benzene rings is 1. The van der Waals surface area contributed by atoms with Gasteiger partial charge in [0.15, 0.2) is 0 Å². The van der Waals surface area contributed by atoms with E-state index in [9.17, 15) is 10.2 Å². The summed E-state index contributed by atoms with van der Waals surface area (Å²) in [6, 6.07) is 3.66. The van der Waals surface area contributed by atoms with Crippen molar-refractivity contribution in [1.29, 1.82) is 0 Å². The topological polar surface area (TPSA) is 74.0 Å². The molecule has 0 aliphatic heterocycles. The van der Waals surface area contributed by atoms with Crippen molar-refractivity contribution in [3.8, 4) is 11.5 Å². The molecule has 5 heteroatoms. The van der Waals surface area contributed by atoms with Crippen LogP contribution in [0.25, 0.3) is 6.15 Å². The van der Waals surface area contributed by atoms with Crippen LogP contribution in [-0.4, -0.2) is 10.2 Å². The van der Waals surface area contributed by atoms with Gasteiger partial charge in [0.1, 0.15) is 11.5 Å². The molecule has 0 saturated carbocycles. The number of phenolic OH excluding ortho intramolecular Hbond substituents is 2. The maximum absolute atomic E-state index is 10.5. The first-order valence-corrected chi connectivity index (χ1v) is 11.7. The summed E-state index contributed by atoms with van der Waals surface area (Å²) in [6.07, 6.45) is 8.61.